The number of rotatable bonds is 6. The van der Waals surface area contributed by atoms with E-state index in [0.717, 1.165) is 32.6 Å². The molecule has 0 aliphatic carbocycles. The molecule has 10 heteroatoms. The fourth-order valence-electron chi connectivity index (χ4n) is 3.75. The van der Waals surface area contributed by atoms with E-state index in [1.807, 2.05) is 42.5 Å². The lowest BCUT2D eigenvalue weighted by Gasteiger charge is -2.10. The Morgan fingerprint density at radius 1 is 1.00 bits per heavy atom. The maximum atomic E-state index is 12.6. The first-order chi connectivity index (χ1) is 16.8. The Bertz CT molecular complexity index is 1640. The lowest BCUT2D eigenvalue weighted by Crippen LogP contribution is -2.27. The summed E-state index contributed by atoms with van der Waals surface area (Å²) in [5.74, 6) is 0.146. The van der Waals surface area contributed by atoms with Gasteiger partial charge in [-0.05, 0) is 54.4 Å². The molecule has 0 spiro atoms. The fraction of sp³-hybridized carbons (Fsp3) is 0.120. The number of aromatic nitrogens is 5. The summed E-state index contributed by atoms with van der Waals surface area (Å²) < 4.78 is 24.3. The third-order valence-electron chi connectivity index (χ3n) is 5.60. The molecule has 5 rings (SSSR count). The van der Waals surface area contributed by atoms with Crippen LogP contribution in [0.3, 0.4) is 0 Å². The van der Waals surface area contributed by atoms with Gasteiger partial charge in [0.2, 0.25) is 10.0 Å². The van der Waals surface area contributed by atoms with Crippen LogP contribution >= 0.6 is 0 Å². The molecule has 4 aromatic heterocycles. The van der Waals surface area contributed by atoms with Crippen LogP contribution in [0.2, 0.25) is 0 Å². The molecular weight excluding hydrogens is 464 g/mol. The van der Waals surface area contributed by atoms with Crippen LogP contribution in [0, 0.1) is 0 Å². The van der Waals surface area contributed by atoms with E-state index in [1.54, 1.807) is 19.3 Å². The normalized spacial score (nSPS) is 12.5. The van der Waals surface area contributed by atoms with Gasteiger partial charge in [0.05, 0.1) is 23.6 Å². The number of H-pyrrole nitrogens is 1. The van der Waals surface area contributed by atoms with Crippen molar-refractivity contribution in [2.45, 2.75) is 13.0 Å². The minimum absolute atomic E-state index is 0.243. The minimum atomic E-state index is -3.45. The maximum Gasteiger partial charge on any atom is 0.253 e. The Balaban J connectivity index is 1.37. The van der Waals surface area contributed by atoms with Crippen LogP contribution in [0.1, 0.15) is 29.1 Å². The molecule has 0 aliphatic rings. The molecule has 1 aromatic carbocycles. The molecule has 9 nitrogen and oxygen atoms in total. The van der Waals surface area contributed by atoms with E-state index in [2.05, 4.69) is 26.3 Å². The zero-order valence-electron chi connectivity index (χ0n) is 19.0. The van der Waals surface area contributed by atoms with E-state index in [-0.39, 0.29) is 5.56 Å². The predicted molar refractivity (Wildman–Crippen MR) is 133 cm³/mol. The third kappa shape index (κ3) is 4.69. The summed E-state index contributed by atoms with van der Waals surface area (Å²) in [6, 6.07) is 16.8. The number of benzene rings is 1. The number of hydrogen-bond donors (Lipinski definition) is 2. The zero-order valence-corrected chi connectivity index (χ0v) is 19.8. The first-order valence-corrected chi connectivity index (χ1v) is 12.7. The Labute approximate surface area is 202 Å². The van der Waals surface area contributed by atoms with Crippen molar-refractivity contribution in [2.75, 3.05) is 6.26 Å². The smallest absolute Gasteiger partial charge is 0.253 e. The number of amides is 1. The highest BCUT2D eigenvalue weighted by Gasteiger charge is 2.18. The van der Waals surface area contributed by atoms with Gasteiger partial charge in [0, 0.05) is 30.4 Å². The van der Waals surface area contributed by atoms with Gasteiger partial charge in [-0.2, -0.15) is 0 Å². The number of fused-ring (bicyclic) bond motifs is 1. The van der Waals surface area contributed by atoms with Crippen LogP contribution in [0.4, 0.5) is 0 Å². The number of aromatic amines is 1. The molecule has 4 heterocycles. The van der Waals surface area contributed by atoms with Gasteiger partial charge < -0.3 is 10.3 Å². The van der Waals surface area contributed by atoms with Crippen LogP contribution in [0.25, 0.3) is 33.5 Å². The molecule has 0 saturated carbocycles. The molecule has 1 atom stereocenters. The van der Waals surface area contributed by atoms with Crippen molar-refractivity contribution in [1.29, 1.82) is 0 Å². The number of nitrogens with zero attached hydrogens (tertiary/aromatic N) is 4. The topological polar surface area (TPSA) is 123 Å². The Kier molecular flexibility index (Phi) is 5.65. The summed E-state index contributed by atoms with van der Waals surface area (Å²) in [6.45, 7) is 1.79. The van der Waals surface area contributed by atoms with Gasteiger partial charge in [0.25, 0.3) is 5.91 Å². The van der Waals surface area contributed by atoms with E-state index >= 15 is 0 Å². The highest BCUT2D eigenvalue weighted by Crippen LogP contribution is 2.26. The van der Waals surface area contributed by atoms with Crippen LogP contribution in [0.5, 0.6) is 0 Å². The fourth-order valence-corrected chi connectivity index (χ4v) is 4.33. The first-order valence-electron chi connectivity index (χ1n) is 10.8. The molecular formula is C25H22N6O3S. The Hall–Kier alpha value is -4.31. The Morgan fingerprint density at radius 3 is 2.51 bits per heavy atom. The number of hydrogen-bond acceptors (Lipinski definition) is 6. The SMILES string of the molecule is C[C@H](NC(=O)c1ccn(S(C)(=O)=O)c1)c1nc2ccc(-c3cccc(-c4ccncc4)c3)nc2[nH]1. The van der Waals surface area contributed by atoms with Gasteiger partial charge in [-0.1, -0.05) is 18.2 Å². The van der Waals surface area contributed by atoms with E-state index < -0.39 is 22.0 Å². The van der Waals surface area contributed by atoms with Gasteiger partial charge >= 0.3 is 0 Å². The highest BCUT2D eigenvalue weighted by molar-refractivity contribution is 7.89. The molecule has 5 aromatic rings. The van der Waals surface area contributed by atoms with Crippen molar-refractivity contribution in [2.24, 2.45) is 0 Å². The van der Waals surface area contributed by atoms with Gasteiger partial charge in [0.1, 0.15) is 11.3 Å². The van der Waals surface area contributed by atoms with Gasteiger partial charge in [-0.3, -0.25) is 13.8 Å². The molecule has 0 fully saturated rings. The monoisotopic (exact) mass is 486 g/mol. The van der Waals surface area contributed by atoms with Crippen LogP contribution in [0.15, 0.2) is 79.4 Å². The van der Waals surface area contributed by atoms with Gasteiger partial charge in [-0.25, -0.2) is 18.4 Å². The van der Waals surface area contributed by atoms with E-state index in [0.29, 0.717) is 17.0 Å². The van der Waals surface area contributed by atoms with Crippen molar-refractivity contribution in [3.63, 3.8) is 0 Å². The third-order valence-corrected chi connectivity index (χ3v) is 6.60. The quantitative estimate of drug-likeness (QED) is 0.377. The second-order valence-electron chi connectivity index (χ2n) is 8.19. The summed E-state index contributed by atoms with van der Waals surface area (Å²) in [4.78, 5) is 29.2. The summed E-state index contributed by atoms with van der Waals surface area (Å²) in [7, 11) is -3.45. The van der Waals surface area contributed by atoms with E-state index in [9.17, 15) is 13.2 Å². The van der Waals surface area contributed by atoms with Gasteiger partial charge in [0.15, 0.2) is 5.65 Å². The van der Waals surface area contributed by atoms with Crippen molar-refractivity contribution < 1.29 is 13.2 Å². The molecule has 0 bridgehead atoms. The highest BCUT2D eigenvalue weighted by atomic mass is 32.2. The Morgan fingerprint density at radius 2 is 1.77 bits per heavy atom. The minimum Gasteiger partial charge on any atom is -0.342 e. The summed E-state index contributed by atoms with van der Waals surface area (Å²) >= 11 is 0. The molecule has 0 saturated heterocycles. The molecule has 0 radical (unpaired) electrons. The average Bonchev–Trinajstić information content (AvgIpc) is 3.52. The molecule has 35 heavy (non-hydrogen) atoms. The van der Waals surface area contributed by atoms with Gasteiger partial charge in [-0.15, -0.1) is 0 Å². The predicted octanol–water partition coefficient (Wildman–Crippen LogP) is 3.79. The zero-order chi connectivity index (χ0) is 24.6. The largest absolute Gasteiger partial charge is 0.342 e. The standard InChI is InChI=1S/C25H22N6O3S/c1-16(27-25(32)20-10-13-31(15-20)35(2,33)34)23-29-22-7-6-21(28-24(22)30-23)19-5-3-4-18(14-19)17-8-11-26-12-9-17/h3-16H,1-2H3,(H,27,32)(H,28,29,30)/t16-/m0/s1. The molecule has 2 N–H and O–H groups in total. The first kappa shape index (κ1) is 22.5. The average molecular weight is 487 g/mol. The van der Waals surface area contributed by atoms with E-state index in [4.69, 9.17) is 4.98 Å². The van der Waals surface area contributed by atoms with Crippen LogP contribution in [-0.4, -0.2) is 44.5 Å². The number of nitrogens with one attached hydrogen (secondary N) is 2. The van der Waals surface area contributed by atoms with Crippen molar-refractivity contribution in [3.05, 3.63) is 90.8 Å². The van der Waals surface area contributed by atoms with Crippen molar-refractivity contribution in [3.8, 4) is 22.4 Å². The number of imidazole rings is 1. The lowest BCUT2D eigenvalue weighted by atomic mass is 10.0. The molecule has 0 aliphatic heterocycles. The number of pyridine rings is 2. The molecule has 1 amide bonds. The number of carbonyl (C=O) groups excluding carboxylic acids is 1. The number of carbonyl (C=O) groups is 1. The summed E-state index contributed by atoms with van der Waals surface area (Å²) in [5.41, 5.74) is 5.43. The van der Waals surface area contributed by atoms with Crippen molar-refractivity contribution in [1.82, 2.24) is 29.2 Å². The van der Waals surface area contributed by atoms with E-state index in [1.165, 1.54) is 18.5 Å². The maximum absolute atomic E-state index is 12.6. The second-order valence-corrected chi connectivity index (χ2v) is 10.1. The lowest BCUT2D eigenvalue weighted by molar-refractivity contribution is 0.0938. The molecule has 176 valence electrons. The summed E-state index contributed by atoms with van der Waals surface area (Å²) in [6.07, 6.45) is 7.22. The summed E-state index contributed by atoms with van der Waals surface area (Å²) in [5, 5.41) is 2.84. The molecule has 0 unspecified atom stereocenters. The second kappa shape index (κ2) is 8.80. The van der Waals surface area contributed by atoms with Crippen molar-refractivity contribution >= 4 is 27.1 Å². The van der Waals surface area contributed by atoms with Crippen LogP contribution in [-0.2, 0) is 10.0 Å². The van der Waals surface area contributed by atoms with Crippen LogP contribution < -0.4 is 5.32 Å².